The Hall–Kier alpha value is -1.68. The highest BCUT2D eigenvalue weighted by molar-refractivity contribution is 5.93. The van der Waals surface area contributed by atoms with E-state index in [0.29, 0.717) is 11.8 Å². The molecule has 104 valence electrons. The molecule has 1 aromatic carbocycles. The second kappa shape index (κ2) is 4.42. The first-order valence-corrected chi connectivity index (χ1v) is 7.37. The van der Waals surface area contributed by atoms with Crippen LogP contribution >= 0.6 is 0 Å². The van der Waals surface area contributed by atoms with E-state index < -0.39 is 0 Å². The lowest BCUT2D eigenvalue weighted by Crippen LogP contribution is -2.24. The van der Waals surface area contributed by atoms with Crippen LogP contribution in [-0.2, 0) is 0 Å². The van der Waals surface area contributed by atoms with Crippen molar-refractivity contribution in [3.8, 4) is 0 Å². The number of aryl methyl sites for hydroxylation is 1. The van der Waals surface area contributed by atoms with Crippen molar-refractivity contribution in [2.75, 3.05) is 18.0 Å². The first kappa shape index (κ1) is 12.1. The van der Waals surface area contributed by atoms with E-state index >= 15 is 0 Å². The van der Waals surface area contributed by atoms with Crippen LogP contribution in [0.3, 0.4) is 0 Å². The molecule has 4 nitrogen and oxygen atoms in total. The predicted molar refractivity (Wildman–Crippen MR) is 78.7 cm³/mol. The molecular formula is C16H19N3O. The van der Waals surface area contributed by atoms with Crippen molar-refractivity contribution in [1.82, 2.24) is 10.2 Å². The summed E-state index contributed by atoms with van der Waals surface area (Å²) < 4.78 is 0. The second-order valence-electron chi connectivity index (χ2n) is 6.20. The summed E-state index contributed by atoms with van der Waals surface area (Å²) in [5, 5.41) is 20.9. The van der Waals surface area contributed by atoms with Crippen molar-refractivity contribution in [2.45, 2.75) is 25.9 Å². The molecule has 2 heterocycles. The SMILES string of the molecule is Cc1nnc(N2C[C@H]3CC(O)C[C@H]3C2)c2ccccc12. The third kappa shape index (κ3) is 1.79. The number of hydrogen-bond acceptors (Lipinski definition) is 4. The van der Waals surface area contributed by atoms with E-state index in [1.807, 2.05) is 6.92 Å². The number of nitrogens with zero attached hydrogens (tertiary/aromatic N) is 3. The molecule has 1 N–H and O–H groups in total. The molecule has 1 saturated heterocycles. The maximum atomic E-state index is 9.75. The van der Waals surface area contributed by atoms with Crippen molar-refractivity contribution >= 4 is 16.6 Å². The lowest BCUT2D eigenvalue weighted by atomic mass is 10.0. The van der Waals surface area contributed by atoms with E-state index in [4.69, 9.17) is 0 Å². The van der Waals surface area contributed by atoms with Gasteiger partial charge in [0.1, 0.15) is 0 Å². The molecule has 4 rings (SSSR count). The molecule has 1 saturated carbocycles. The number of benzene rings is 1. The summed E-state index contributed by atoms with van der Waals surface area (Å²) in [6, 6.07) is 8.36. The van der Waals surface area contributed by atoms with E-state index in [2.05, 4.69) is 39.4 Å². The fraction of sp³-hybridized carbons (Fsp3) is 0.500. The van der Waals surface area contributed by atoms with Gasteiger partial charge in [0.25, 0.3) is 0 Å². The van der Waals surface area contributed by atoms with Gasteiger partial charge in [-0.1, -0.05) is 24.3 Å². The Morgan fingerprint density at radius 3 is 2.40 bits per heavy atom. The minimum absolute atomic E-state index is 0.0898. The second-order valence-corrected chi connectivity index (χ2v) is 6.20. The Kier molecular flexibility index (Phi) is 2.67. The average molecular weight is 269 g/mol. The van der Waals surface area contributed by atoms with Gasteiger partial charge in [0.15, 0.2) is 5.82 Å². The van der Waals surface area contributed by atoms with Crippen LogP contribution < -0.4 is 4.90 Å². The smallest absolute Gasteiger partial charge is 0.159 e. The lowest BCUT2D eigenvalue weighted by molar-refractivity contribution is 0.174. The molecule has 0 spiro atoms. The van der Waals surface area contributed by atoms with Crippen LogP contribution in [-0.4, -0.2) is 34.5 Å². The molecule has 1 unspecified atom stereocenters. The normalized spacial score (nSPS) is 29.1. The fourth-order valence-corrected chi connectivity index (χ4v) is 3.90. The summed E-state index contributed by atoms with van der Waals surface area (Å²) in [5.74, 6) is 2.24. The number of rotatable bonds is 1. The molecular weight excluding hydrogens is 250 g/mol. The fourth-order valence-electron chi connectivity index (χ4n) is 3.90. The number of hydrogen-bond donors (Lipinski definition) is 1. The molecule has 0 bridgehead atoms. The number of anilines is 1. The summed E-state index contributed by atoms with van der Waals surface area (Å²) in [6.45, 7) is 4.01. The summed E-state index contributed by atoms with van der Waals surface area (Å²) in [4.78, 5) is 2.36. The maximum Gasteiger partial charge on any atom is 0.159 e. The van der Waals surface area contributed by atoms with E-state index in [1.54, 1.807) is 0 Å². The van der Waals surface area contributed by atoms with Crippen LogP contribution in [0.15, 0.2) is 24.3 Å². The molecule has 0 radical (unpaired) electrons. The van der Waals surface area contributed by atoms with E-state index in [9.17, 15) is 5.11 Å². The average Bonchev–Trinajstić information content (AvgIpc) is 2.96. The first-order valence-electron chi connectivity index (χ1n) is 7.37. The van der Waals surface area contributed by atoms with Gasteiger partial charge in [-0.2, -0.15) is 5.10 Å². The van der Waals surface area contributed by atoms with Gasteiger partial charge in [0, 0.05) is 23.9 Å². The first-order chi connectivity index (χ1) is 9.72. The van der Waals surface area contributed by atoms with Crippen LogP contribution in [0.1, 0.15) is 18.5 Å². The minimum Gasteiger partial charge on any atom is -0.393 e. The third-order valence-electron chi connectivity index (χ3n) is 4.88. The number of aromatic nitrogens is 2. The molecule has 4 heteroatoms. The van der Waals surface area contributed by atoms with Gasteiger partial charge in [-0.05, 0) is 31.6 Å². The monoisotopic (exact) mass is 269 g/mol. The summed E-state index contributed by atoms with van der Waals surface area (Å²) in [6.07, 6.45) is 1.80. The Bertz CT molecular complexity index is 643. The van der Waals surface area contributed by atoms with Gasteiger partial charge >= 0.3 is 0 Å². The molecule has 2 aromatic rings. The Morgan fingerprint density at radius 1 is 1.05 bits per heavy atom. The number of aliphatic hydroxyl groups is 1. The van der Waals surface area contributed by atoms with Crippen LogP contribution in [0.5, 0.6) is 0 Å². The van der Waals surface area contributed by atoms with Gasteiger partial charge in [-0.15, -0.1) is 5.10 Å². The Balaban J connectivity index is 1.72. The lowest BCUT2D eigenvalue weighted by Gasteiger charge is -2.20. The van der Waals surface area contributed by atoms with Crippen molar-refractivity contribution in [3.63, 3.8) is 0 Å². The molecule has 3 atom stereocenters. The number of fused-ring (bicyclic) bond motifs is 2. The molecule has 2 fully saturated rings. The molecule has 1 aromatic heterocycles. The van der Waals surface area contributed by atoms with Crippen molar-refractivity contribution in [1.29, 1.82) is 0 Å². The summed E-state index contributed by atoms with van der Waals surface area (Å²) in [5.41, 5.74) is 0.985. The van der Waals surface area contributed by atoms with Crippen LogP contribution in [0, 0.1) is 18.8 Å². The van der Waals surface area contributed by atoms with Gasteiger partial charge in [-0.25, -0.2) is 0 Å². The topological polar surface area (TPSA) is 49.2 Å². The van der Waals surface area contributed by atoms with Gasteiger partial charge in [-0.3, -0.25) is 0 Å². The van der Waals surface area contributed by atoms with Crippen LogP contribution in [0.4, 0.5) is 5.82 Å². The summed E-state index contributed by atoms with van der Waals surface area (Å²) in [7, 11) is 0. The van der Waals surface area contributed by atoms with Gasteiger partial charge < -0.3 is 10.0 Å². The van der Waals surface area contributed by atoms with E-state index in [0.717, 1.165) is 37.4 Å². The molecule has 1 aliphatic heterocycles. The highest BCUT2D eigenvalue weighted by atomic mass is 16.3. The quantitative estimate of drug-likeness (QED) is 0.861. The standard InChI is InChI=1S/C16H19N3O/c1-10-14-4-2-3-5-15(14)16(18-17-10)19-8-11-6-13(20)7-12(11)9-19/h2-5,11-13,20H,6-9H2,1H3/t11-,12+,13?. The highest BCUT2D eigenvalue weighted by Crippen LogP contribution is 2.40. The number of aliphatic hydroxyl groups excluding tert-OH is 1. The minimum atomic E-state index is -0.0898. The highest BCUT2D eigenvalue weighted by Gasteiger charge is 2.41. The van der Waals surface area contributed by atoms with Crippen molar-refractivity contribution in [2.24, 2.45) is 11.8 Å². The van der Waals surface area contributed by atoms with Crippen LogP contribution in [0.25, 0.3) is 10.8 Å². The maximum absolute atomic E-state index is 9.75. The Morgan fingerprint density at radius 2 is 1.70 bits per heavy atom. The molecule has 20 heavy (non-hydrogen) atoms. The van der Waals surface area contributed by atoms with Gasteiger partial charge in [0.05, 0.1) is 11.8 Å². The van der Waals surface area contributed by atoms with E-state index in [1.165, 1.54) is 10.8 Å². The Labute approximate surface area is 118 Å². The molecule has 2 aliphatic rings. The zero-order chi connectivity index (χ0) is 13.7. The van der Waals surface area contributed by atoms with Crippen molar-refractivity contribution < 1.29 is 5.11 Å². The zero-order valence-electron chi connectivity index (χ0n) is 11.7. The van der Waals surface area contributed by atoms with Crippen LogP contribution in [0.2, 0.25) is 0 Å². The zero-order valence-corrected chi connectivity index (χ0v) is 11.7. The van der Waals surface area contributed by atoms with E-state index in [-0.39, 0.29) is 6.10 Å². The van der Waals surface area contributed by atoms with Crippen molar-refractivity contribution in [3.05, 3.63) is 30.0 Å². The predicted octanol–water partition coefficient (Wildman–Crippen LogP) is 2.15. The summed E-state index contributed by atoms with van der Waals surface area (Å²) >= 11 is 0. The largest absolute Gasteiger partial charge is 0.393 e. The molecule has 1 aliphatic carbocycles. The molecule has 0 amide bonds. The third-order valence-corrected chi connectivity index (χ3v) is 4.88. The van der Waals surface area contributed by atoms with Gasteiger partial charge in [0.2, 0.25) is 0 Å².